The number of fused-ring (bicyclic) bond motifs is 1. The number of benzene rings is 1. The molecule has 2 atom stereocenters. The van der Waals surface area contributed by atoms with Gasteiger partial charge in [0.25, 0.3) is 0 Å². The van der Waals surface area contributed by atoms with Crippen LogP contribution in [0.4, 0.5) is 0 Å². The fraction of sp³-hybridized carbons (Fsp3) is 0.533. The van der Waals surface area contributed by atoms with Gasteiger partial charge in [-0.2, -0.15) is 0 Å². The van der Waals surface area contributed by atoms with Gasteiger partial charge in [0.05, 0.1) is 16.4 Å². The predicted octanol–water partition coefficient (Wildman–Crippen LogP) is 3.20. The lowest BCUT2D eigenvalue weighted by Crippen LogP contribution is -2.19. The van der Waals surface area contributed by atoms with Crippen molar-refractivity contribution >= 4 is 22.6 Å². The average molecular weight is 279 g/mol. The third-order valence-electron chi connectivity index (χ3n) is 4.56. The molecule has 3 rings (SSSR count). The molecule has 4 heteroatoms. The molecule has 1 heterocycles. The van der Waals surface area contributed by atoms with Gasteiger partial charge in [0.15, 0.2) is 0 Å². The molecule has 0 N–H and O–H groups in total. The van der Waals surface area contributed by atoms with Crippen molar-refractivity contribution in [3.05, 3.63) is 34.2 Å². The molecule has 102 valence electrons. The van der Waals surface area contributed by atoms with E-state index in [1.807, 2.05) is 12.1 Å². The molecular formula is C15H19ClN2O. The molecule has 1 saturated carbocycles. The summed E-state index contributed by atoms with van der Waals surface area (Å²) in [7, 11) is 3.60. The highest BCUT2D eigenvalue weighted by Gasteiger charge is 2.49. The minimum atomic E-state index is 0.00465. The van der Waals surface area contributed by atoms with Crippen molar-refractivity contribution in [2.24, 2.45) is 25.4 Å². The zero-order valence-corrected chi connectivity index (χ0v) is 12.5. The second-order valence-corrected chi connectivity index (χ2v) is 6.82. The summed E-state index contributed by atoms with van der Waals surface area (Å²) in [6, 6.07) is 6.10. The summed E-state index contributed by atoms with van der Waals surface area (Å²) in [5.41, 5.74) is 3.38. The van der Waals surface area contributed by atoms with Gasteiger partial charge in [-0.05, 0) is 35.4 Å². The Kier molecular flexibility index (Phi) is 2.62. The number of nitrogens with zero attached hydrogens (tertiary/aromatic N) is 2. The first-order chi connectivity index (χ1) is 8.83. The Hall–Kier alpha value is -1.22. The monoisotopic (exact) mass is 278 g/mol. The minimum Gasteiger partial charge on any atom is -0.295 e. The lowest BCUT2D eigenvalue weighted by atomic mass is 10.0. The third-order valence-corrected chi connectivity index (χ3v) is 5.11. The number of alkyl halides is 1. The molecule has 0 aliphatic heterocycles. The summed E-state index contributed by atoms with van der Waals surface area (Å²) in [5, 5.41) is 0.0368. The number of halogens is 1. The number of rotatable bonds is 2. The number of aryl methyl sites for hydroxylation is 2. The van der Waals surface area contributed by atoms with E-state index >= 15 is 0 Å². The van der Waals surface area contributed by atoms with Crippen LogP contribution in [0.1, 0.15) is 31.2 Å². The van der Waals surface area contributed by atoms with Crippen LogP contribution in [0.25, 0.3) is 11.0 Å². The molecule has 3 nitrogen and oxygen atoms in total. The van der Waals surface area contributed by atoms with Crippen LogP contribution in [-0.2, 0) is 14.1 Å². The van der Waals surface area contributed by atoms with E-state index in [4.69, 9.17) is 11.6 Å². The van der Waals surface area contributed by atoms with Crippen molar-refractivity contribution in [3.63, 3.8) is 0 Å². The minimum absolute atomic E-state index is 0.00465. The number of aromatic nitrogens is 2. The van der Waals surface area contributed by atoms with E-state index < -0.39 is 0 Å². The van der Waals surface area contributed by atoms with Gasteiger partial charge < -0.3 is 0 Å². The van der Waals surface area contributed by atoms with Gasteiger partial charge in [0.1, 0.15) is 0 Å². The Morgan fingerprint density at radius 2 is 1.84 bits per heavy atom. The molecule has 1 fully saturated rings. The zero-order chi connectivity index (χ0) is 13.9. The summed E-state index contributed by atoms with van der Waals surface area (Å²) in [6.07, 6.45) is 1.17. The highest BCUT2D eigenvalue weighted by molar-refractivity contribution is 6.21. The summed E-state index contributed by atoms with van der Waals surface area (Å²) < 4.78 is 3.35. The van der Waals surface area contributed by atoms with Crippen molar-refractivity contribution < 1.29 is 0 Å². The summed E-state index contributed by atoms with van der Waals surface area (Å²) in [6.45, 7) is 4.51. The van der Waals surface area contributed by atoms with Crippen LogP contribution in [0.2, 0.25) is 0 Å². The summed E-state index contributed by atoms with van der Waals surface area (Å²) in [4.78, 5) is 11.9. The van der Waals surface area contributed by atoms with Gasteiger partial charge in [-0.15, -0.1) is 11.6 Å². The highest BCUT2D eigenvalue weighted by Crippen LogP contribution is 2.59. The van der Waals surface area contributed by atoms with Gasteiger partial charge >= 0.3 is 5.69 Å². The molecule has 2 aromatic rings. The first kappa shape index (κ1) is 12.8. The van der Waals surface area contributed by atoms with E-state index in [0.717, 1.165) is 16.6 Å². The van der Waals surface area contributed by atoms with Gasteiger partial charge in [-0.1, -0.05) is 19.9 Å². The Morgan fingerprint density at radius 1 is 1.26 bits per heavy atom. The van der Waals surface area contributed by atoms with E-state index in [1.54, 1.807) is 23.2 Å². The molecule has 0 amide bonds. The second kappa shape index (κ2) is 3.89. The van der Waals surface area contributed by atoms with Crippen molar-refractivity contribution in [2.45, 2.75) is 25.6 Å². The van der Waals surface area contributed by atoms with Crippen LogP contribution in [-0.4, -0.2) is 9.13 Å². The first-order valence-corrected chi connectivity index (χ1v) is 7.06. The van der Waals surface area contributed by atoms with E-state index in [2.05, 4.69) is 19.9 Å². The standard InChI is InChI=1S/C15H19ClN2O/c1-15(2)8-10(15)13(16)9-5-6-11-12(7-9)18(4)14(19)17(11)3/h5-7,10,13H,8H2,1-4H3. The molecule has 0 spiro atoms. The quantitative estimate of drug-likeness (QED) is 0.775. The molecule has 1 aromatic carbocycles. The van der Waals surface area contributed by atoms with Crippen LogP contribution in [0, 0.1) is 11.3 Å². The zero-order valence-electron chi connectivity index (χ0n) is 11.8. The van der Waals surface area contributed by atoms with Crippen molar-refractivity contribution in [1.82, 2.24) is 9.13 Å². The average Bonchev–Trinajstić information content (AvgIpc) is 2.97. The Morgan fingerprint density at radius 3 is 2.42 bits per heavy atom. The second-order valence-electron chi connectivity index (χ2n) is 6.35. The number of imidazole rings is 1. The lowest BCUT2D eigenvalue weighted by molar-refractivity contribution is 0.548. The SMILES string of the molecule is Cn1c(=O)n(C)c2cc(C(Cl)C3CC3(C)C)ccc21. The van der Waals surface area contributed by atoms with Crippen molar-refractivity contribution in [1.29, 1.82) is 0 Å². The van der Waals surface area contributed by atoms with Crippen LogP contribution >= 0.6 is 11.6 Å². The molecule has 0 saturated heterocycles. The van der Waals surface area contributed by atoms with Crippen LogP contribution in [0.5, 0.6) is 0 Å². The maximum Gasteiger partial charge on any atom is 0.328 e. The highest BCUT2D eigenvalue weighted by atomic mass is 35.5. The molecule has 0 bridgehead atoms. The van der Waals surface area contributed by atoms with Gasteiger partial charge in [-0.25, -0.2) is 4.79 Å². The maximum absolute atomic E-state index is 11.9. The van der Waals surface area contributed by atoms with E-state index in [9.17, 15) is 4.79 Å². The lowest BCUT2D eigenvalue weighted by Gasteiger charge is -2.12. The fourth-order valence-corrected chi connectivity index (χ4v) is 3.50. The molecule has 1 aliphatic carbocycles. The van der Waals surface area contributed by atoms with Gasteiger partial charge in [0.2, 0.25) is 0 Å². The maximum atomic E-state index is 11.9. The largest absolute Gasteiger partial charge is 0.328 e. The van der Waals surface area contributed by atoms with Crippen LogP contribution in [0.15, 0.2) is 23.0 Å². The molecule has 19 heavy (non-hydrogen) atoms. The molecule has 1 aromatic heterocycles. The first-order valence-electron chi connectivity index (χ1n) is 6.62. The Balaban J connectivity index is 2.07. The predicted molar refractivity (Wildman–Crippen MR) is 78.6 cm³/mol. The molecule has 1 aliphatic rings. The van der Waals surface area contributed by atoms with E-state index in [-0.39, 0.29) is 11.1 Å². The molecular weight excluding hydrogens is 260 g/mol. The van der Waals surface area contributed by atoms with Gasteiger partial charge in [0, 0.05) is 14.1 Å². The topological polar surface area (TPSA) is 26.9 Å². The molecule has 2 unspecified atom stereocenters. The number of hydrogen-bond donors (Lipinski definition) is 0. The number of hydrogen-bond acceptors (Lipinski definition) is 1. The van der Waals surface area contributed by atoms with Gasteiger partial charge in [-0.3, -0.25) is 9.13 Å². The molecule has 0 radical (unpaired) electrons. The van der Waals surface area contributed by atoms with E-state index in [1.165, 1.54) is 6.42 Å². The van der Waals surface area contributed by atoms with Crippen LogP contribution in [0.3, 0.4) is 0 Å². The van der Waals surface area contributed by atoms with Crippen molar-refractivity contribution in [2.75, 3.05) is 0 Å². The fourth-order valence-electron chi connectivity index (χ4n) is 2.94. The summed E-state index contributed by atoms with van der Waals surface area (Å²) in [5.74, 6) is 0.535. The Labute approximate surface area is 117 Å². The van der Waals surface area contributed by atoms with E-state index in [0.29, 0.717) is 11.3 Å². The normalized spacial score (nSPS) is 22.7. The third kappa shape index (κ3) is 1.83. The van der Waals surface area contributed by atoms with Crippen molar-refractivity contribution in [3.8, 4) is 0 Å². The Bertz CT molecular complexity index is 711. The smallest absolute Gasteiger partial charge is 0.295 e. The summed E-state index contributed by atoms with van der Waals surface area (Å²) >= 11 is 6.59. The van der Waals surface area contributed by atoms with Crippen LogP contribution < -0.4 is 5.69 Å².